The summed E-state index contributed by atoms with van der Waals surface area (Å²) < 4.78 is 6.26. The van der Waals surface area contributed by atoms with Crippen molar-refractivity contribution in [2.45, 2.75) is 24.9 Å². The number of carbonyl (C=O) groups is 2. The average molecular weight is 424 g/mol. The van der Waals surface area contributed by atoms with E-state index in [1.165, 1.54) is 12.4 Å². The zero-order valence-corrected chi connectivity index (χ0v) is 16.9. The largest absolute Gasteiger partial charge is 0.486 e. The first-order valence-electron chi connectivity index (χ1n) is 9.94. The number of carboxylic acids is 1. The summed E-state index contributed by atoms with van der Waals surface area (Å²) in [5.41, 5.74) is 6.72. The van der Waals surface area contributed by atoms with E-state index in [9.17, 15) is 9.59 Å². The van der Waals surface area contributed by atoms with Gasteiger partial charge in [0, 0.05) is 32.1 Å². The molecule has 1 spiro atoms. The van der Waals surface area contributed by atoms with Crippen LogP contribution in [0.2, 0.25) is 0 Å². The first kappa shape index (κ1) is 20.6. The van der Waals surface area contributed by atoms with Crippen LogP contribution in [0.1, 0.15) is 35.3 Å². The Morgan fingerprint density at radius 2 is 2.00 bits per heavy atom. The molecular weight excluding hydrogens is 400 g/mol. The number of hydrazine groups is 1. The lowest BCUT2D eigenvalue weighted by Gasteiger charge is -2.44. The van der Waals surface area contributed by atoms with E-state index in [0.29, 0.717) is 55.2 Å². The van der Waals surface area contributed by atoms with Crippen LogP contribution in [0.4, 0.5) is 5.82 Å². The Balaban J connectivity index is 1.40. The third-order valence-corrected chi connectivity index (χ3v) is 5.55. The van der Waals surface area contributed by atoms with Crippen molar-refractivity contribution in [3.05, 3.63) is 54.1 Å². The molecule has 5 N–H and O–H groups in total. The molecule has 10 nitrogen and oxygen atoms in total. The van der Waals surface area contributed by atoms with Crippen molar-refractivity contribution in [2.24, 2.45) is 11.6 Å². The molecule has 1 aromatic heterocycles. The summed E-state index contributed by atoms with van der Waals surface area (Å²) in [5.74, 6) is 5.99. The number of piperidine rings is 1. The molecule has 2 aliphatic rings. The van der Waals surface area contributed by atoms with Gasteiger partial charge < -0.3 is 25.5 Å². The highest BCUT2D eigenvalue weighted by molar-refractivity contribution is 6.00. The van der Waals surface area contributed by atoms with Gasteiger partial charge in [0.05, 0.1) is 30.1 Å². The van der Waals surface area contributed by atoms with Crippen molar-refractivity contribution >= 4 is 23.3 Å². The van der Waals surface area contributed by atoms with Gasteiger partial charge in [-0.15, -0.1) is 0 Å². The number of anilines is 1. The van der Waals surface area contributed by atoms with Gasteiger partial charge in [0.25, 0.3) is 0 Å². The zero-order valence-electron chi connectivity index (χ0n) is 16.9. The predicted octanol–water partition coefficient (Wildman–Crippen LogP) is 0.998. The van der Waals surface area contributed by atoms with Gasteiger partial charge in [-0.3, -0.25) is 9.59 Å². The maximum atomic E-state index is 12.6. The van der Waals surface area contributed by atoms with E-state index in [2.05, 4.69) is 14.9 Å². The molecular formula is C21H24N6O4. The highest BCUT2D eigenvalue weighted by Gasteiger charge is 2.43. The molecule has 0 unspecified atom stereocenters. The zero-order chi connectivity index (χ0) is 22.0. The van der Waals surface area contributed by atoms with Crippen molar-refractivity contribution in [1.29, 1.82) is 0 Å². The summed E-state index contributed by atoms with van der Waals surface area (Å²) in [6.07, 6.45) is 6.24. The SMILES string of the molecule is N/C(=C\N(N)CC(=O)O)c1cnc(N2CCC3(CC2)CC(=O)c2ccccc2O3)cn1. The quantitative estimate of drug-likeness (QED) is 0.469. The Labute approximate surface area is 179 Å². The van der Waals surface area contributed by atoms with Crippen LogP contribution in [0, 0.1) is 0 Å². The van der Waals surface area contributed by atoms with E-state index in [0.717, 1.165) is 5.01 Å². The van der Waals surface area contributed by atoms with Crippen molar-refractivity contribution in [2.75, 3.05) is 24.5 Å². The second-order valence-electron chi connectivity index (χ2n) is 7.78. The smallest absolute Gasteiger partial charge is 0.324 e. The van der Waals surface area contributed by atoms with E-state index in [4.69, 9.17) is 21.4 Å². The van der Waals surface area contributed by atoms with Gasteiger partial charge in [-0.1, -0.05) is 12.1 Å². The minimum Gasteiger partial charge on any atom is -0.486 e. The first-order chi connectivity index (χ1) is 14.8. The maximum absolute atomic E-state index is 12.6. The molecule has 10 heteroatoms. The highest BCUT2D eigenvalue weighted by Crippen LogP contribution is 2.39. The van der Waals surface area contributed by atoms with Gasteiger partial charge in [0.15, 0.2) is 5.78 Å². The van der Waals surface area contributed by atoms with E-state index < -0.39 is 11.6 Å². The number of hydrogen-bond acceptors (Lipinski definition) is 9. The molecule has 31 heavy (non-hydrogen) atoms. The number of benzene rings is 1. The molecule has 1 aromatic carbocycles. The summed E-state index contributed by atoms with van der Waals surface area (Å²) in [7, 11) is 0. The van der Waals surface area contributed by atoms with Crippen LogP contribution in [-0.4, -0.2) is 57.1 Å². The molecule has 3 heterocycles. The van der Waals surface area contributed by atoms with Crippen LogP contribution in [0.15, 0.2) is 42.9 Å². The number of para-hydroxylation sites is 1. The number of ether oxygens (including phenoxy) is 1. The number of fused-ring (bicyclic) bond motifs is 1. The Hall–Kier alpha value is -3.66. The highest BCUT2D eigenvalue weighted by atomic mass is 16.5. The molecule has 1 fully saturated rings. The molecule has 4 rings (SSSR count). The molecule has 0 amide bonds. The van der Waals surface area contributed by atoms with Crippen LogP contribution < -0.4 is 21.2 Å². The van der Waals surface area contributed by atoms with Gasteiger partial charge in [-0.25, -0.2) is 15.8 Å². The van der Waals surface area contributed by atoms with Crippen LogP contribution in [0.3, 0.4) is 0 Å². The molecule has 162 valence electrons. The number of hydrogen-bond donors (Lipinski definition) is 3. The lowest BCUT2D eigenvalue weighted by atomic mass is 9.82. The molecule has 2 aliphatic heterocycles. The molecule has 0 atom stereocenters. The van der Waals surface area contributed by atoms with Gasteiger partial charge in [-0.05, 0) is 12.1 Å². The fourth-order valence-corrected chi connectivity index (χ4v) is 3.95. The number of nitrogens with zero attached hydrogens (tertiary/aromatic N) is 4. The summed E-state index contributed by atoms with van der Waals surface area (Å²) in [4.78, 5) is 34.1. The number of nitrogens with two attached hydrogens (primary N) is 2. The number of Topliss-reactive ketones (excluding diaryl/α,β-unsaturated/α-hetero) is 1. The number of aromatic nitrogens is 2. The molecule has 0 radical (unpaired) electrons. The Morgan fingerprint density at radius 1 is 1.26 bits per heavy atom. The second-order valence-corrected chi connectivity index (χ2v) is 7.78. The van der Waals surface area contributed by atoms with E-state index in [-0.39, 0.29) is 18.0 Å². The van der Waals surface area contributed by atoms with Crippen LogP contribution in [-0.2, 0) is 4.79 Å². The normalized spacial score (nSPS) is 17.8. The van der Waals surface area contributed by atoms with Crippen LogP contribution >= 0.6 is 0 Å². The monoisotopic (exact) mass is 424 g/mol. The van der Waals surface area contributed by atoms with Crippen molar-refractivity contribution in [3.63, 3.8) is 0 Å². The summed E-state index contributed by atoms with van der Waals surface area (Å²) >= 11 is 0. The molecule has 0 saturated carbocycles. The number of ketones is 1. The topological polar surface area (TPSA) is 148 Å². The lowest BCUT2D eigenvalue weighted by molar-refractivity contribution is -0.137. The maximum Gasteiger partial charge on any atom is 0.324 e. The van der Waals surface area contributed by atoms with Gasteiger partial charge in [0.2, 0.25) is 0 Å². The van der Waals surface area contributed by atoms with E-state index in [1.807, 2.05) is 24.3 Å². The lowest BCUT2D eigenvalue weighted by Crippen LogP contribution is -2.51. The Morgan fingerprint density at radius 3 is 2.68 bits per heavy atom. The minimum atomic E-state index is -1.07. The number of aliphatic carboxylic acids is 1. The second kappa shape index (κ2) is 8.23. The number of rotatable bonds is 5. The molecule has 0 bridgehead atoms. The first-order valence-corrected chi connectivity index (χ1v) is 9.94. The van der Waals surface area contributed by atoms with Gasteiger partial charge >= 0.3 is 5.97 Å². The summed E-state index contributed by atoms with van der Waals surface area (Å²) in [6.45, 7) is 0.991. The third-order valence-electron chi connectivity index (χ3n) is 5.55. The van der Waals surface area contributed by atoms with Gasteiger partial charge in [0.1, 0.15) is 29.4 Å². The molecule has 2 aromatic rings. The number of carboxylic acid groups (broad SMARTS) is 1. The Kier molecular flexibility index (Phi) is 5.47. The fourth-order valence-electron chi connectivity index (χ4n) is 3.95. The van der Waals surface area contributed by atoms with Crippen molar-refractivity contribution in [3.8, 4) is 5.75 Å². The van der Waals surface area contributed by atoms with Crippen molar-refractivity contribution < 1.29 is 19.4 Å². The standard InChI is InChI=1S/C21H24N6O4/c22-15(12-27(23)13-20(29)30)16-10-25-19(11-24-16)26-7-5-21(6-8-26)9-17(28)14-3-1-2-4-18(14)31-21/h1-4,10-12H,5-9,13,22-23H2,(H,29,30)/b15-12-. The molecule has 1 saturated heterocycles. The van der Waals surface area contributed by atoms with Crippen LogP contribution in [0.5, 0.6) is 5.75 Å². The predicted molar refractivity (Wildman–Crippen MR) is 113 cm³/mol. The van der Waals surface area contributed by atoms with E-state index in [1.54, 1.807) is 6.20 Å². The van der Waals surface area contributed by atoms with Crippen molar-refractivity contribution in [1.82, 2.24) is 15.0 Å². The molecule has 0 aliphatic carbocycles. The van der Waals surface area contributed by atoms with Crippen LogP contribution in [0.25, 0.3) is 5.70 Å². The summed E-state index contributed by atoms with van der Waals surface area (Å²) in [5, 5.41) is 9.72. The summed E-state index contributed by atoms with van der Waals surface area (Å²) in [6, 6.07) is 7.38. The Bertz CT molecular complexity index is 1010. The fraction of sp³-hybridized carbons (Fsp3) is 0.333. The van der Waals surface area contributed by atoms with E-state index >= 15 is 0 Å². The van der Waals surface area contributed by atoms with Gasteiger partial charge in [-0.2, -0.15) is 0 Å². The average Bonchev–Trinajstić information content (AvgIpc) is 2.74. The third kappa shape index (κ3) is 4.43. The number of carbonyl (C=O) groups excluding carboxylic acids is 1. The minimum absolute atomic E-state index is 0.124.